The summed E-state index contributed by atoms with van der Waals surface area (Å²) < 4.78 is 6.10. The third kappa shape index (κ3) is 2.52. The highest BCUT2D eigenvalue weighted by atomic mass is 35.5. The molecule has 1 saturated carbocycles. The van der Waals surface area contributed by atoms with Gasteiger partial charge in [-0.05, 0) is 43.4 Å². The molecule has 0 amide bonds. The van der Waals surface area contributed by atoms with E-state index in [0.717, 1.165) is 28.5 Å². The predicted molar refractivity (Wildman–Crippen MR) is 79.9 cm³/mol. The zero-order chi connectivity index (χ0) is 13.6. The molecule has 1 aliphatic carbocycles. The molecule has 3 rings (SSSR count). The summed E-state index contributed by atoms with van der Waals surface area (Å²) in [5, 5.41) is 5.50. The molecule has 0 spiro atoms. The first kappa shape index (κ1) is 13.0. The van der Waals surface area contributed by atoms with Gasteiger partial charge in [0.25, 0.3) is 0 Å². The Hall–Kier alpha value is -0.990. The van der Waals surface area contributed by atoms with Gasteiger partial charge in [-0.25, -0.2) is 0 Å². The molecular formula is C16H20ClNO. The highest BCUT2D eigenvalue weighted by molar-refractivity contribution is 6.31. The van der Waals surface area contributed by atoms with Crippen LogP contribution in [-0.4, -0.2) is 6.04 Å². The van der Waals surface area contributed by atoms with Crippen molar-refractivity contribution in [3.63, 3.8) is 0 Å². The third-order valence-corrected chi connectivity index (χ3v) is 3.98. The van der Waals surface area contributed by atoms with E-state index in [1.807, 2.05) is 12.1 Å². The minimum absolute atomic E-state index is 0.440. The smallest absolute Gasteiger partial charge is 0.137 e. The standard InChI is InChI=1S/C16H20ClNO/c1-9(2)15-13-7-11(17)6-10(3)16(13)19-14(15)8-18-12-4-5-12/h6-7,9,12,18H,4-5,8H2,1-3H3. The fourth-order valence-corrected chi connectivity index (χ4v) is 2.96. The first-order chi connectivity index (χ1) is 9.06. The van der Waals surface area contributed by atoms with Crippen LogP contribution >= 0.6 is 11.6 Å². The molecule has 102 valence electrons. The molecule has 1 fully saturated rings. The number of hydrogen-bond acceptors (Lipinski definition) is 2. The van der Waals surface area contributed by atoms with Crippen LogP contribution in [0.5, 0.6) is 0 Å². The summed E-state index contributed by atoms with van der Waals surface area (Å²) in [6.07, 6.45) is 2.59. The summed E-state index contributed by atoms with van der Waals surface area (Å²) in [5.74, 6) is 1.51. The van der Waals surface area contributed by atoms with Crippen LogP contribution in [0.15, 0.2) is 16.5 Å². The molecule has 0 saturated heterocycles. The predicted octanol–water partition coefficient (Wildman–Crippen LogP) is 4.77. The SMILES string of the molecule is Cc1cc(Cl)cc2c(C(C)C)c(CNC3CC3)oc12. The lowest BCUT2D eigenvalue weighted by molar-refractivity contribution is 0.502. The van der Waals surface area contributed by atoms with E-state index < -0.39 is 0 Å². The maximum atomic E-state index is 6.19. The number of fused-ring (bicyclic) bond motifs is 1. The molecule has 0 atom stereocenters. The largest absolute Gasteiger partial charge is 0.459 e. The molecule has 3 heteroatoms. The van der Waals surface area contributed by atoms with Gasteiger partial charge in [-0.2, -0.15) is 0 Å². The van der Waals surface area contributed by atoms with Crippen molar-refractivity contribution in [1.29, 1.82) is 0 Å². The zero-order valence-corrected chi connectivity index (χ0v) is 12.5. The Morgan fingerprint density at radius 2 is 2.11 bits per heavy atom. The number of hydrogen-bond donors (Lipinski definition) is 1. The normalized spacial score (nSPS) is 15.6. The van der Waals surface area contributed by atoms with Crippen molar-refractivity contribution in [2.75, 3.05) is 0 Å². The van der Waals surface area contributed by atoms with Gasteiger partial charge < -0.3 is 9.73 Å². The highest BCUT2D eigenvalue weighted by Crippen LogP contribution is 2.35. The van der Waals surface area contributed by atoms with Crippen LogP contribution in [0.2, 0.25) is 5.02 Å². The Kier molecular flexibility index (Phi) is 3.32. The average Bonchev–Trinajstić information content (AvgIpc) is 3.07. The molecule has 1 aromatic carbocycles. The Bertz CT molecular complexity index is 611. The third-order valence-electron chi connectivity index (χ3n) is 3.76. The van der Waals surface area contributed by atoms with Crippen molar-refractivity contribution in [2.45, 2.75) is 52.1 Å². The number of furan rings is 1. The second-order valence-corrected chi connectivity index (χ2v) is 6.28. The molecule has 0 bridgehead atoms. The van der Waals surface area contributed by atoms with Gasteiger partial charge in [-0.15, -0.1) is 0 Å². The summed E-state index contributed by atoms with van der Waals surface area (Å²) in [7, 11) is 0. The maximum Gasteiger partial charge on any atom is 0.137 e. The molecule has 1 N–H and O–H groups in total. The van der Waals surface area contributed by atoms with Crippen LogP contribution in [0.1, 0.15) is 49.5 Å². The van der Waals surface area contributed by atoms with Crippen LogP contribution in [0.25, 0.3) is 11.0 Å². The zero-order valence-electron chi connectivity index (χ0n) is 11.7. The van der Waals surface area contributed by atoms with E-state index in [0.29, 0.717) is 12.0 Å². The maximum absolute atomic E-state index is 6.19. The molecule has 0 radical (unpaired) electrons. The monoisotopic (exact) mass is 277 g/mol. The minimum Gasteiger partial charge on any atom is -0.459 e. The Morgan fingerprint density at radius 1 is 1.37 bits per heavy atom. The van der Waals surface area contributed by atoms with Crippen LogP contribution in [0, 0.1) is 6.92 Å². The molecule has 2 aromatic rings. The molecular weight excluding hydrogens is 258 g/mol. The summed E-state index contributed by atoms with van der Waals surface area (Å²) in [6, 6.07) is 4.69. The molecule has 1 aliphatic rings. The number of aryl methyl sites for hydroxylation is 1. The van der Waals surface area contributed by atoms with Gasteiger partial charge in [0.05, 0.1) is 6.54 Å². The van der Waals surface area contributed by atoms with Crippen LogP contribution in [0.3, 0.4) is 0 Å². The van der Waals surface area contributed by atoms with Crippen LogP contribution in [-0.2, 0) is 6.54 Å². The molecule has 19 heavy (non-hydrogen) atoms. The Morgan fingerprint density at radius 3 is 2.74 bits per heavy atom. The fraction of sp³-hybridized carbons (Fsp3) is 0.500. The van der Waals surface area contributed by atoms with Crippen LogP contribution < -0.4 is 5.32 Å². The van der Waals surface area contributed by atoms with Crippen molar-refractivity contribution in [2.24, 2.45) is 0 Å². The van der Waals surface area contributed by atoms with Crippen LogP contribution in [0.4, 0.5) is 0 Å². The van der Waals surface area contributed by atoms with Gasteiger partial charge >= 0.3 is 0 Å². The number of benzene rings is 1. The highest BCUT2D eigenvalue weighted by Gasteiger charge is 2.23. The lowest BCUT2D eigenvalue weighted by Crippen LogP contribution is -2.15. The van der Waals surface area contributed by atoms with E-state index in [4.69, 9.17) is 16.0 Å². The Balaban J connectivity index is 2.08. The van der Waals surface area contributed by atoms with E-state index >= 15 is 0 Å². The number of nitrogens with one attached hydrogen (secondary N) is 1. The van der Waals surface area contributed by atoms with Crippen molar-refractivity contribution in [3.8, 4) is 0 Å². The summed E-state index contributed by atoms with van der Waals surface area (Å²) in [5.41, 5.74) is 3.40. The summed E-state index contributed by atoms with van der Waals surface area (Å²) >= 11 is 6.19. The molecule has 2 nitrogen and oxygen atoms in total. The molecule has 1 heterocycles. The first-order valence-electron chi connectivity index (χ1n) is 7.01. The van der Waals surface area contributed by atoms with E-state index in [-0.39, 0.29) is 0 Å². The first-order valence-corrected chi connectivity index (χ1v) is 7.39. The van der Waals surface area contributed by atoms with E-state index in [1.54, 1.807) is 0 Å². The van der Waals surface area contributed by atoms with Crippen molar-refractivity contribution >= 4 is 22.6 Å². The fourth-order valence-electron chi connectivity index (χ4n) is 2.68. The quantitative estimate of drug-likeness (QED) is 0.871. The lowest BCUT2D eigenvalue weighted by Gasteiger charge is -2.07. The van der Waals surface area contributed by atoms with Gasteiger partial charge in [0.2, 0.25) is 0 Å². The van der Waals surface area contributed by atoms with E-state index in [9.17, 15) is 0 Å². The number of halogens is 1. The summed E-state index contributed by atoms with van der Waals surface area (Å²) in [6.45, 7) is 7.30. The second-order valence-electron chi connectivity index (χ2n) is 5.85. The number of rotatable bonds is 4. The Labute approximate surface area is 119 Å². The average molecular weight is 278 g/mol. The van der Waals surface area contributed by atoms with E-state index in [2.05, 4.69) is 26.1 Å². The van der Waals surface area contributed by atoms with Gasteiger partial charge in [0, 0.05) is 22.0 Å². The van der Waals surface area contributed by atoms with Crippen molar-refractivity contribution in [1.82, 2.24) is 5.32 Å². The van der Waals surface area contributed by atoms with Crippen molar-refractivity contribution < 1.29 is 4.42 Å². The van der Waals surface area contributed by atoms with E-state index in [1.165, 1.54) is 23.8 Å². The van der Waals surface area contributed by atoms with Gasteiger partial charge in [0.15, 0.2) is 0 Å². The minimum atomic E-state index is 0.440. The lowest BCUT2D eigenvalue weighted by atomic mass is 9.98. The second kappa shape index (κ2) is 4.84. The molecule has 0 unspecified atom stereocenters. The molecule has 0 aliphatic heterocycles. The van der Waals surface area contributed by atoms with Gasteiger partial charge in [0.1, 0.15) is 11.3 Å². The van der Waals surface area contributed by atoms with Crippen molar-refractivity contribution in [3.05, 3.63) is 34.0 Å². The topological polar surface area (TPSA) is 25.2 Å². The van der Waals surface area contributed by atoms with Gasteiger partial charge in [-0.3, -0.25) is 0 Å². The van der Waals surface area contributed by atoms with Gasteiger partial charge in [-0.1, -0.05) is 25.4 Å². The summed E-state index contributed by atoms with van der Waals surface area (Å²) in [4.78, 5) is 0. The molecule has 1 aromatic heterocycles.